The topological polar surface area (TPSA) is 54.8 Å². The zero-order valence-electron chi connectivity index (χ0n) is 9.45. The first-order valence-corrected chi connectivity index (χ1v) is 5.74. The summed E-state index contributed by atoms with van der Waals surface area (Å²) in [6.07, 6.45) is 2.61. The second kappa shape index (κ2) is 4.61. The number of nitrogens with zero attached hydrogens (tertiary/aromatic N) is 3. The average molecular weight is 209 g/mol. The Kier molecular flexibility index (Phi) is 3.20. The lowest BCUT2D eigenvalue weighted by Gasteiger charge is -2.08. The van der Waals surface area contributed by atoms with Gasteiger partial charge in [-0.3, -0.25) is 4.57 Å². The van der Waals surface area contributed by atoms with E-state index in [1.807, 2.05) is 0 Å². The summed E-state index contributed by atoms with van der Waals surface area (Å²) < 4.78 is 2.12. The highest BCUT2D eigenvalue weighted by molar-refractivity contribution is 5.25. The molecule has 0 unspecified atom stereocenters. The van der Waals surface area contributed by atoms with E-state index >= 15 is 0 Å². The Bertz CT molecular complexity index is 316. The van der Waals surface area contributed by atoms with Gasteiger partial charge in [0.05, 0.1) is 6.54 Å². The van der Waals surface area contributed by atoms with E-state index in [2.05, 4.69) is 39.2 Å². The number of rotatable bonds is 6. The van der Waals surface area contributed by atoms with Crippen molar-refractivity contribution < 1.29 is 0 Å². The largest absolute Gasteiger partial charge is 0.355 e. The molecule has 5 heteroatoms. The van der Waals surface area contributed by atoms with Gasteiger partial charge in [0.2, 0.25) is 5.95 Å². The van der Waals surface area contributed by atoms with E-state index in [0.717, 1.165) is 37.4 Å². The van der Waals surface area contributed by atoms with Crippen molar-refractivity contribution in [2.45, 2.75) is 45.8 Å². The summed E-state index contributed by atoms with van der Waals surface area (Å²) in [7, 11) is 0. The van der Waals surface area contributed by atoms with Crippen molar-refractivity contribution in [2.24, 2.45) is 0 Å². The summed E-state index contributed by atoms with van der Waals surface area (Å²) in [5.41, 5.74) is 0. The Labute approximate surface area is 90.3 Å². The second-order valence-corrected chi connectivity index (χ2v) is 3.87. The quantitative estimate of drug-likeness (QED) is 0.733. The molecule has 1 aliphatic rings. The summed E-state index contributed by atoms with van der Waals surface area (Å²) in [6, 6.07) is 0.717. The molecule has 0 radical (unpaired) electrons. The molecule has 1 aliphatic carbocycles. The number of aromatic nitrogens is 3. The van der Waals surface area contributed by atoms with Gasteiger partial charge in [-0.05, 0) is 26.7 Å². The first-order valence-electron chi connectivity index (χ1n) is 5.74. The standard InChI is InChI=1S/C10H19N5/c1-3-11-10-14-13-9(15(10)4-2)7-12-8-5-6-8/h8,12H,3-7H2,1-2H3,(H,11,14). The van der Waals surface area contributed by atoms with E-state index in [-0.39, 0.29) is 0 Å². The first-order chi connectivity index (χ1) is 7.35. The molecule has 0 atom stereocenters. The molecular formula is C10H19N5. The van der Waals surface area contributed by atoms with E-state index in [9.17, 15) is 0 Å². The van der Waals surface area contributed by atoms with Crippen molar-refractivity contribution in [3.8, 4) is 0 Å². The lowest BCUT2D eigenvalue weighted by molar-refractivity contribution is 0.611. The fourth-order valence-corrected chi connectivity index (χ4v) is 1.61. The van der Waals surface area contributed by atoms with Gasteiger partial charge in [-0.15, -0.1) is 10.2 Å². The van der Waals surface area contributed by atoms with Gasteiger partial charge in [-0.1, -0.05) is 0 Å². The number of anilines is 1. The minimum Gasteiger partial charge on any atom is -0.355 e. The van der Waals surface area contributed by atoms with Gasteiger partial charge in [-0.2, -0.15) is 0 Å². The Hall–Kier alpha value is -1.10. The normalized spacial score (nSPS) is 15.6. The lowest BCUT2D eigenvalue weighted by Crippen LogP contribution is -2.19. The highest BCUT2D eigenvalue weighted by Gasteiger charge is 2.21. The van der Waals surface area contributed by atoms with Crippen molar-refractivity contribution in [1.29, 1.82) is 0 Å². The highest BCUT2D eigenvalue weighted by atomic mass is 15.4. The number of nitrogens with one attached hydrogen (secondary N) is 2. The summed E-state index contributed by atoms with van der Waals surface area (Å²) in [4.78, 5) is 0. The molecule has 0 saturated heterocycles. The third-order valence-corrected chi connectivity index (χ3v) is 2.60. The van der Waals surface area contributed by atoms with Crippen LogP contribution in [-0.2, 0) is 13.1 Å². The van der Waals surface area contributed by atoms with Crippen LogP contribution in [0.4, 0.5) is 5.95 Å². The van der Waals surface area contributed by atoms with Gasteiger partial charge in [0.1, 0.15) is 5.82 Å². The lowest BCUT2D eigenvalue weighted by atomic mass is 10.5. The van der Waals surface area contributed by atoms with Crippen LogP contribution in [0, 0.1) is 0 Å². The van der Waals surface area contributed by atoms with Gasteiger partial charge in [0, 0.05) is 19.1 Å². The highest BCUT2D eigenvalue weighted by Crippen LogP contribution is 2.19. The number of hydrogen-bond donors (Lipinski definition) is 2. The third-order valence-electron chi connectivity index (χ3n) is 2.60. The van der Waals surface area contributed by atoms with Crippen LogP contribution in [0.2, 0.25) is 0 Å². The Morgan fingerprint density at radius 3 is 2.73 bits per heavy atom. The van der Waals surface area contributed by atoms with Gasteiger partial charge >= 0.3 is 0 Å². The maximum absolute atomic E-state index is 4.19. The fourth-order valence-electron chi connectivity index (χ4n) is 1.61. The van der Waals surface area contributed by atoms with E-state index in [4.69, 9.17) is 0 Å². The van der Waals surface area contributed by atoms with Crippen LogP contribution < -0.4 is 10.6 Å². The van der Waals surface area contributed by atoms with Crippen LogP contribution >= 0.6 is 0 Å². The molecule has 0 spiro atoms. The molecule has 2 rings (SSSR count). The third kappa shape index (κ3) is 2.47. The minimum absolute atomic E-state index is 0.717. The molecule has 15 heavy (non-hydrogen) atoms. The molecule has 1 saturated carbocycles. The maximum Gasteiger partial charge on any atom is 0.224 e. The van der Waals surface area contributed by atoms with Crippen molar-refractivity contribution in [3.05, 3.63) is 5.82 Å². The molecule has 2 N–H and O–H groups in total. The Morgan fingerprint density at radius 1 is 1.33 bits per heavy atom. The molecule has 5 nitrogen and oxygen atoms in total. The zero-order valence-corrected chi connectivity index (χ0v) is 9.45. The van der Waals surface area contributed by atoms with E-state index in [0.29, 0.717) is 0 Å². The van der Waals surface area contributed by atoms with E-state index in [1.54, 1.807) is 0 Å². The SMILES string of the molecule is CCNc1nnc(CNC2CC2)n1CC. The molecule has 0 aliphatic heterocycles. The zero-order chi connectivity index (χ0) is 10.7. The molecule has 1 aromatic heterocycles. The molecule has 84 valence electrons. The second-order valence-electron chi connectivity index (χ2n) is 3.87. The predicted octanol–water partition coefficient (Wildman–Crippen LogP) is 0.982. The Balaban J connectivity index is 2.00. The van der Waals surface area contributed by atoms with Gasteiger partial charge in [0.25, 0.3) is 0 Å². The molecule has 1 heterocycles. The van der Waals surface area contributed by atoms with Crippen LogP contribution in [0.3, 0.4) is 0 Å². The molecule has 0 aromatic carbocycles. The van der Waals surface area contributed by atoms with Gasteiger partial charge < -0.3 is 10.6 Å². The van der Waals surface area contributed by atoms with Crippen molar-refractivity contribution in [3.63, 3.8) is 0 Å². The molecular weight excluding hydrogens is 190 g/mol. The van der Waals surface area contributed by atoms with Crippen LogP contribution in [0.1, 0.15) is 32.5 Å². The van der Waals surface area contributed by atoms with Crippen molar-refractivity contribution >= 4 is 5.95 Å². The number of hydrogen-bond acceptors (Lipinski definition) is 4. The molecule has 0 amide bonds. The monoisotopic (exact) mass is 209 g/mol. The van der Waals surface area contributed by atoms with Gasteiger partial charge in [0.15, 0.2) is 0 Å². The van der Waals surface area contributed by atoms with Crippen molar-refractivity contribution in [2.75, 3.05) is 11.9 Å². The maximum atomic E-state index is 4.19. The summed E-state index contributed by atoms with van der Waals surface area (Å²) in [6.45, 7) is 6.81. The summed E-state index contributed by atoms with van der Waals surface area (Å²) in [5.74, 6) is 1.91. The summed E-state index contributed by atoms with van der Waals surface area (Å²) in [5, 5.41) is 15.0. The van der Waals surface area contributed by atoms with Crippen LogP contribution in [0.15, 0.2) is 0 Å². The average Bonchev–Trinajstić information content (AvgIpc) is 2.99. The Morgan fingerprint density at radius 2 is 2.13 bits per heavy atom. The van der Waals surface area contributed by atoms with E-state index < -0.39 is 0 Å². The molecule has 1 aromatic rings. The van der Waals surface area contributed by atoms with Crippen LogP contribution in [0.25, 0.3) is 0 Å². The molecule has 0 bridgehead atoms. The predicted molar refractivity (Wildman–Crippen MR) is 59.7 cm³/mol. The fraction of sp³-hybridized carbons (Fsp3) is 0.800. The van der Waals surface area contributed by atoms with Crippen molar-refractivity contribution in [1.82, 2.24) is 20.1 Å². The first kappa shape index (κ1) is 10.4. The minimum atomic E-state index is 0.717. The van der Waals surface area contributed by atoms with Crippen LogP contribution in [0.5, 0.6) is 0 Å². The smallest absolute Gasteiger partial charge is 0.224 e. The molecule has 1 fully saturated rings. The van der Waals surface area contributed by atoms with E-state index in [1.165, 1.54) is 12.8 Å². The van der Waals surface area contributed by atoms with Crippen LogP contribution in [-0.4, -0.2) is 27.4 Å². The summed E-state index contributed by atoms with van der Waals surface area (Å²) >= 11 is 0. The van der Waals surface area contributed by atoms with Gasteiger partial charge in [-0.25, -0.2) is 0 Å².